The third-order valence-electron chi connectivity index (χ3n) is 2.37. The molecule has 0 amide bonds. The fraction of sp³-hybridized carbons (Fsp3) is 0.400. The highest BCUT2D eigenvalue weighted by atomic mass is 127. The molecule has 2 rings (SSSR count). The maximum atomic E-state index is 6.02. The topological polar surface area (TPSA) is 12.0 Å². The van der Waals surface area contributed by atoms with Gasteiger partial charge < -0.3 is 5.32 Å². The van der Waals surface area contributed by atoms with Crippen molar-refractivity contribution in [1.82, 2.24) is 0 Å². The summed E-state index contributed by atoms with van der Waals surface area (Å²) in [6, 6.07) is 4.09. The van der Waals surface area contributed by atoms with Gasteiger partial charge in [-0.15, -0.1) is 0 Å². The molecule has 0 aliphatic carbocycles. The Morgan fingerprint density at radius 3 is 3.08 bits per heavy atom. The summed E-state index contributed by atoms with van der Waals surface area (Å²) in [6.07, 6.45) is 1.19. The highest BCUT2D eigenvalue weighted by molar-refractivity contribution is 14.1. The van der Waals surface area contributed by atoms with E-state index in [4.69, 9.17) is 11.6 Å². The van der Waals surface area contributed by atoms with Gasteiger partial charge in [0.25, 0.3) is 0 Å². The SMILES string of the molecule is Cc1cc(Cl)cc2c1NCCC2I. The predicted octanol–water partition coefficient (Wildman–Crippen LogP) is 3.94. The summed E-state index contributed by atoms with van der Waals surface area (Å²) in [5, 5.41) is 4.27. The Kier molecular flexibility index (Phi) is 2.70. The van der Waals surface area contributed by atoms with Crippen molar-refractivity contribution in [2.75, 3.05) is 11.9 Å². The van der Waals surface area contributed by atoms with E-state index in [0.717, 1.165) is 11.6 Å². The number of hydrogen-bond acceptors (Lipinski definition) is 1. The van der Waals surface area contributed by atoms with Crippen molar-refractivity contribution in [1.29, 1.82) is 0 Å². The monoisotopic (exact) mass is 307 g/mol. The highest BCUT2D eigenvalue weighted by Gasteiger charge is 2.18. The van der Waals surface area contributed by atoms with Crippen LogP contribution in [0.4, 0.5) is 5.69 Å². The van der Waals surface area contributed by atoms with E-state index in [-0.39, 0.29) is 0 Å². The Labute approximate surface area is 97.0 Å². The molecular formula is C10H11ClIN. The molecule has 0 spiro atoms. The van der Waals surface area contributed by atoms with Crippen molar-refractivity contribution in [3.8, 4) is 0 Å². The van der Waals surface area contributed by atoms with Crippen LogP contribution in [0.3, 0.4) is 0 Å². The second-order valence-electron chi connectivity index (χ2n) is 3.37. The van der Waals surface area contributed by atoms with Crippen molar-refractivity contribution in [2.45, 2.75) is 17.3 Å². The second kappa shape index (κ2) is 3.65. The van der Waals surface area contributed by atoms with Crippen LogP contribution in [0.5, 0.6) is 0 Å². The first-order valence-electron chi connectivity index (χ1n) is 4.36. The van der Waals surface area contributed by atoms with E-state index >= 15 is 0 Å². The van der Waals surface area contributed by atoms with Crippen molar-refractivity contribution in [3.05, 3.63) is 28.3 Å². The van der Waals surface area contributed by atoms with E-state index in [0.29, 0.717) is 3.92 Å². The standard InChI is InChI=1S/C10H11ClIN/c1-6-4-7(11)5-8-9(12)2-3-13-10(6)8/h4-5,9,13H,2-3H2,1H3. The first kappa shape index (κ1) is 9.59. The van der Waals surface area contributed by atoms with Crippen LogP contribution in [0.15, 0.2) is 12.1 Å². The van der Waals surface area contributed by atoms with Crippen LogP contribution in [0.1, 0.15) is 21.5 Å². The molecule has 13 heavy (non-hydrogen) atoms. The molecule has 3 heteroatoms. The molecule has 1 aliphatic heterocycles. The normalized spacial score (nSPS) is 20.7. The van der Waals surface area contributed by atoms with E-state index in [2.05, 4.69) is 40.9 Å². The summed E-state index contributed by atoms with van der Waals surface area (Å²) in [7, 11) is 0. The summed E-state index contributed by atoms with van der Waals surface area (Å²) in [6.45, 7) is 3.18. The molecule has 0 saturated carbocycles. The van der Waals surface area contributed by atoms with Crippen molar-refractivity contribution >= 4 is 39.9 Å². The lowest BCUT2D eigenvalue weighted by atomic mass is 10.0. The number of rotatable bonds is 0. The molecule has 0 saturated heterocycles. The molecule has 1 aromatic rings. The molecule has 0 bridgehead atoms. The maximum absolute atomic E-state index is 6.02. The molecule has 1 nitrogen and oxygen atoms in total. The molecule has 1 heterocycles. The molecule has 1 unspecified atom stereocenters. The minimum absolute atomic E-state index is 0.603. The first-order valence-corrected chi connectivity index (χ1v) is 5.99. The van der Waals surface area contributed by atoms with Crippen LogP contribution >= 0.6 is 34.2 Å². The quantitative estimate of drug-likeness (QED) is 0.565. The lowest BCUT2D eigenvalue weighted by Gasteiger charge is -2.24. The smallest absolute Gasteiger partial charge is 0.0414 e. The van der Waals surface area contributed by atoms with Crippen LogP contribution in [0, 0.1) is 6.92 Å². The molecule has 1 N–H and O–H groups in total. The molecular weight excluding hydrogens is 296 g/mol. The van der Waals surface area contributed by atoms with Gasteiger partial charge in [0.15, 0.2) is 0 Å². The van der Waals surface area contributed by atoms with E-state index in [9.17, 15) is 0 Å². The Hall–Kier alpha value is 0.0400. The summed E-state index contributed by atoms with van der Waals surface area (Å²) in [5.74, 6) is 0. The van der Waals surface area contributed by atoms with Gasteiger partial charge >= 0.3 is 0 Å². The lowest BCUT2D eigenvalue weighted by molar-refractivity contribution is 0.832. The zero-order chi connectivity index (χ0) is 9.42. The van der Waals surface area contributed by atoms with E-state index in [1.807, 2.05) is 6.07 Å². The minimum atomic E-state index is 0.603. The van der Waals surface area contributed by atoms with Crippen LogP contribution in [0.25, 0.3) is 0 Å². The van der Waals surface area contributed by atoms with Gasteiger partial charge in [0.05, 0.1) is 0 Å². The molecule has 0 aromatic heterocycles. The number of aryl methyl sites for hydroxylation is 1. The van der Waals surface area contributed by atoms with E-state index in [1.165, 1.54) is 23.2 Å². The molecule has 1 aliphatic rings. The largest absolute Gasteiger partial charge is 0.385 e. The van der Waals surface area contributed by atoms with Gasteiger partial charge in [-0.25, -0.2) is 0 Å². The summed E-state index contributed by atoms with van der Waals surface area (Å²) >= 11 is 8.50. The highest BCUT2D eigenvalue weighted by Crippen LogP contribution is 2.39. The summed E-state index contributed by atoms with van der Waals surface area (Å²) in [4.78, 5) is 0. The zero-order valence-corrected chi connectivity index (χ0v) is 10.3. The number of halogens is 2. The van der Waals surface area contributed by atoms with Crippen molar-refractivity contribution in [3.63, 3.8) is 0 Å². The number of fused-ring (bicyclic) bond motifs is 1. The Morgan fingerprint density at radius 2 is 2.31 bits per heavy atom. The molecule has 1 atom stereocenters. The fourth-order valence-electron chi connectivity index (χ4n) is 1.74. The first-order chi connectivity index (χ1) is 6.18. The van der Waals surface area contributed by atoms with Gasteiger partial charge in [-0.3, -0.25) is 0 Å². The van der Waals surface area contributed by atoms with Crippen LogP contribution in [-0.2, 0) is 0 Å². The molecule has 70 valence electrons. The summed E-state index contributed by atoms with van der Waals surface area (Å²) < 4.78 is 0.603. The Bertz CT molecular complexity index is 338. The Balaban J connectivity index is 2.56. The van der Waals surface area contributed by atoms with E-state index in [1.54, 1.807) is 0 Å². The summed E-state index contributed by atoms with van der Waals surface area (Å²) in [5.41, 5.74) is 3.90. The number of nitrogens with one attached hydrogen (secondary N) is 1. The Morgan fingerprint density at radius 1 is 1.54 bits per heavy atom. The predicted molar refractivity (Wildman–Crippen MR) is 66.1 cm³/mol. The van der Waals surface area contributed by atoms with Gasteiger partial charge in [0, 0.05) is 21.2 Å². The second-order valence-corrected chi connectivity index (χ2v) is 5.31. The molecule has 1 aromatic carbocycles. The van der Waals surface area contributed by atoms with Gasteiger partial charge in [-0.1, -0.05) is 34.2 Å². The average molecular weight is 308 g/mol. The number of benzene rings is 1. The molecule has 0 radical (unpaired) electrons. The van der Waals surface area contributed by atoms with Crippen molar-refractivity contribution in [2.24, 2.45) is 0 Å². The average Bonchev–Trinajstić information content (AvgIpc) is 2.07. The lowest BCUT2D eigenvalue weighted by Crippen LogP contribution is -2.14. The van der Waals surface area contributed by atoms with Gasteiger partial charge in [0.1, 0.15) is 0 Å². The fourth-order valence-corrected chi connectivity index (χ4v) is 2.82. The van der Waals surface area contributed by atoms with Crippen LogP contribution in [0.2, 0.25) is 5.02 Å². The minimum Gasteiger partial charge on any atom is -0.385 e. The van der Waals surface area contributed by atoms with Crippen molar-refractivity contribution < 1.29 is 0 Å². The van der Waals surface area contributed by atoms with E-state index < -0.39 is 0 Å². The zero-order valence-electron chi connectivity index (χ0n) is 7.40. The maximum Gasteiger partial charge on any atom is 0.0414 e. The van der Waals surface area contributed by atoms with Gasteiger partial charge in [0.2, 0.25) is 0 Å². The third kappa shape index (κ3) is 1.79. The third-order valence-corrected chi connectivity index (χ3v) is 3.88. The van der Waals surface area contributed by atoms with Gasteiger partial charge in [-0.2, -0.15) is 0 Å². The number of anilines is 1. The number of alkyl halides is 1. The molecule has 0 fully saturated rings. The number of hydrogen-bond donors (Lipinski definition) is 1. The van der Waals surface area contributed by atoms with Crippen LogP contribution < -0.4 is 5.32 Å². The van der Waals surface area contributed by atoms with Gasteiger partial charge in [-0.05, 0) is 36.6 Å². The van der Waals surface area contributed by atoms with Crippen LogP contribution in [-0.4, -0.2) is 6.54 Å².